The Morgan fingerprint density at radius 2 is 2.13 bits per heavy atom. The molecule has 1 atom stereocenters. The van der Waals surface area contributed by atoms with Gasteiger partial charge < -0.3 is 10.2 Å². The number of nitrogens with one attached hydrogen (secondary N) is 1. The van der Waals surface area contributed by atoms with Crippen LogP contribution in [0.5, 0.6) is 0 Å². The van der Waals surface area contributed by atoms with Crippen molar-refractivity contribution < 1.29 is 9.59 Å². The summed E-state index contributed by atoms with van der Waals surface area (Å²) in [4.78, 5) is 30.1. The van der Waals surface area contributed by atoms with E-state index >= 15 is 0 Å². The maximum atomic E-state index is 12.5. The first kappa shape index (κ1) is 14.7. The standard InChI is InChI=1S/C16H12BrN3O2S/c17-10-4-5-12-11(7-10)16(13-3-1-2-6-18-13)20(8-14(21)19-12)15(22)9-23-16/h1-7H,8-9H2,(H,19,21). The number of hydrogen-bond donors (Lipinski definition) is 1. The zero-order valence-corrected chi connectivity index (χ0v) is 14.4. The molecule has 0 radical (unpaired) electrons. The summed E-state index contributed by atoms with van der Waals surface area (Å²) in [5.74, 6) is 0.0846. The summed E-state index contributed by atoms with van der Waals surface area (Å²) in [6.45, 7) is 0.0225. The second-order valence-corrected chi connectivity index (χ2v) is 7.45. The molecule has 3 heterocycles. The number of carbonyl (C=O) groups excluding carboxylic acids is 2. The van der Waals surface area contributed by atoms with Gasteiger partial charge >= 0.3 is 0 Å². The van der Waals surface area contributed by atoms with Crippen molar-refractivity contribution in [3.05, 3.63) is 58.3 Å². The highest BCUT2D eigenvalue weighted by molar-refractivity contribution is 9.10. The minimum Gasteiger partial charge on any atom is -0.324 e. The third-order valence-electron chi connectivity index (χ3n) is 4.02. The average molecular weight is 390 g/mol. The lowest BCUT2D eigenvalue weighted by Gasteiger charge is -2.36. The van der Waals surface area contributed by atoms with Crippen molar-refractivity contribution in [2.75, 3.05) is 17.6 Å². The van der Waals surface area contributed by atoms with Crippen molar-refractivity contribution in [3.63, 3.8) is 0 Å². The molecule has 2 aliphatic rings. The lowest BCUT2D eigenvalue weighted by Crippen LogP contribution is -2.45. The molecule has 1 unspecified atom stereocenters. The fraction of sp³-hybridized carbons (Fsp3) is 0.188. The number of benzene rings is 1. The molecule has 1 aromatic carbocycles. The Hall–Kier alpha value is -1.86. The smallest absolute Gasteiger partial charge is 0.244 e. The highest BCUT2D eigenvalue weighted by Gasteiger charge is 2.53. The predicted octanol–water partition coefficient (Wildman–Crippen LogP) is 2.57. The molecule has 2 aliphatic heterocycles. The van der Waals surface area contributed by atoms with Crippen LogP contribution in [0.1, 0.15) is 11.3 Å². The Bertz CT molecular complexity index is 814. The Kier molecular flexibility index (Phi) is 3.42. The van der Waals surface area contributed by atoms with Crippen molar-refractivity contribution in [1.29, 1.82) is 0 Å². The summed E-state index contributed by atoms with van der Waals surface area (Å²) < 4.78 is 0.891. The third-order valence-corrected chi connectivity index (χ3v) is 5.97. The zero-order chi connectivity index (χ0) is 16.0. The number of hydrogen-bond acceptors (Lipinski definition) is 4. The minimum absolute atomic E-state index is 0.0225. The lowest BCUT2D eigenvalue weighted by molar-refractivity contribution is -0.133. The Labute approximate surface area is 145 Å². The second-order valence-electron chi connectivity index (χ2n) is 5.37. The summed E-state index contributed by atoms with van der Waals surface area (Å²) >= 11 is 5.00. The quantitative estimate of drug-likeness (QED) is 0.813. The van der Waals surface area contributed by atoms with E-state index in [0.717, 1.165) is 15.7 Å². The van der Waals surface area contributed by atoms with E-state index in [9.17, 15) is 9.59 Å². The Balaban J connectivity index is 2.04. The fourth-order valence-corrected chi connectivity index (χ4v) is 4.84. The molecule has 4 rings (SSSR count). The van der Waals surface area contributed by atoms with Gasteiger partial charge in [-0.3, -0.25) is 14.6 Å². The van der Waals surface area contributed by atoms with Crippen molar-refractivity contribution >= 4 is 45.2 Å². The van der Waals surface area contributed by atoms with E-state index in [-0.39, 0.29) is 18.4 Å². The van der Waals surface area contributed by atoms with Gasteiger partial charge in [0.1, 0.15) is 6.54 Å². The van der Waals surface area contributed by atoms with E-state index in [1.54, 1.807) is 11.1 Å². The summed E-state index contributed by atoms with van der Waals surface area (Å²) in [6, 6.07) is 11.3. The summed E-state index contributed by atoms with van der Waals surface area (Å²) in [7, 11) is 0. The Morgan fingerprint density at radius 1 is 1.26 bits per heavy atom. The van der Waals surface area contributed by atoms with Crippen molar-refractivity contribution in [3.8, 4) is 0 Å². The molecule has 0 aliphatic carbocycles. The first-order valence-electron chi connectivity index (χ1n) is 7.07. The maximum absolute atomic E-state index is 12.5. The fourth-order valence-electron chi connectivity index (χ4n) is 3.07. The number of amides is 2. The second kappa shape index (κ2) is 5.35. The number of aromatic nitrogens is 1. The number of halogens is 1. The Morgan fingerprint density at radius 3 is 2.91 bits per heavy atom. The van der Waals surface area contributed by atoms with Crippen LogP contribution < -0.4 is 5.32 Å². The van der Waals surface area contributed by atoms with Crippen LogP contribution in [0.15, 0.2) is 47.1 Å². The first-order chi connectivity index (χ1) is 11.1. The number of carbonyl (C=O) groups is 2. The normalized spacial score (nSPS) is 23.1. The molecule has 23 heavy (non-hydrogen) atoms. The average Bonchev–Trinajstić information content (AvgIpc) is 2.81. The van der Waals surface area contributed by atoms with Crippen LogP contribution in [-0.2, 0) is 14.5 Å². The molecule has 0 bridgehead atoms. The van der Waals surface area contributed by atoms with Crippen LogP contribution in [0.25, 0.3) is 0 Å². The predicted molar refractivity (Wildman–Crippen MR) is 92.0 cm³/mol. The molecule has 7 heteroatoms. The maximum Gasteiger partial charge on any atom is 0.244 e. The van der Waals surface area contributed by atoms with Gasteiger partial charge in [0, 0.05) is 21.9 Å². The van der Waals surface area contributed by atoms with E-state index in [1.807, 2.05) is 36.4 Å². The molecule has 0 saturated carbocycles. The minimum atomic E-state index is -0.781. The van der Waals surface area contributed by atoms with Crippen molar-refractivity contribution in [1.82, 2.24) is 9.88 Å². The van der Waals surface area contributed by atoms with Crippen LogP contribution >= 0.6 is 27.7 Å². The molecule has 2 amide bonds. The van der Waals surface area contributed by atoms with Crippen molar-refractivity contribution in [2.24, 2.45) is 0 Å². The lowest BCUT2D eigenvalue weighted by atomic mass is 9.99. The number of thioether (sulfide) groups is 1. The highest BCUT2D eigenvalue weighted by Crippen LogP contribution is 2.53. The highest BCUT2D eigenvalue weighted by atomic mass is 79.9. The number of pyridine rings is 1. The van der Waals surface area contributed by atoms with Gasteiger partial charge in [0.15, 0.2) is 4.87 Å². The van der Waals surface area contributed by atoms with Crippen LogP contribution in [0.3, 0.4) is 0 Å². The van der Waals surface area contributed by atoms with Gasteiger partial charge in [-0.15, -0.1) is 11.8 Å². The molecular formula is C16H12BrN3O2S. The van der Waals surface area contributed by atoms with Crippen molar-refractivity contribution in [2.45, 2.75) is 4.87 Å². The van der Waals surface area contributed by atoms with Crippen LogP contribution in [0.4, 0.5) is 5.69 Å². The molecule has 1 N–H and O–H groups in total. The monoisotopic (exact) mass is 389 g/mol. The molecule has 5 nitrogen and oxygen atoms in total. The van der Waals surface area contributed by atoms with Crippen LogP contribution in [-0.4, -0.2) is 34.0 Å². The molecule has 116 valence electrons. The summed E-state index contributed by atoms with van der Waals surface area (Å²) in [5, 5.41) is 2.90. The third kappa shape index (κ3) is 2.18. The number of rotatable bonds is 1. The van der Waals surface area contributed by atoms with Gasteiger partial charge in [0.2, 0.25) is 11.8 Å². The van der Waals surface area contributed by atoms with E-state index in [1.165, 1.54) is 11.8 Å². The van der Waals surface area contributed by atoms with E-state index < -0.39 is 4.87 Å². The molecule has 2 aromatic rings. The number of anilines is 1. The van der Waals surface area contributed by atoms with E-state index in [2.05, 4.69) is 26.2 Å². The SMILES string of the molecule is O=C1CN2C(=O)CSC2(c2ccccn2)c2cc(Br)ccc2N1. The van der Waals surface area contributed by atoms with Gasteiger partial charge in [-0.25, -0.2) is 0 Å². The van der Waals surface area contributed by atoms with Crippen LogP contribution in [0, 0.1) is 0 Å². The number of fused-ring (bicyclic) bond motifs is 3. The molecule has 1 aromatic heterocycles. The van der Waals surface area contributed by atoms with Gasteiger partial charge in [-0.1, -0.05) is 22.0 Å². The van der Waals surface area contributed by atoms with E-state index in [4.69, 9.17) is 0 Å². The largest absolute Gasteiger partial charge is 0.324 e. The van der Waals surface area contributed by atoms with E-state index in [0.29, 0.717) is 11.4 Å². The van der Waals surface area contributed by atoms with Gasteiger partial charge in [0.05, 0.1) is 11.4 Å². The summed E-state index contributed by atoms with van der Waals surface area (Å²) in [6.07, 6.45) is 1.71. The molecule has 1 saturated heterocycles. The molecular weight excluding hydrogens is 378 g/mol. The molecule has 0 spiro atoms. The zero-order valence-electron chi connectivity index (χ0n) is 12.0. The first-order valence-corrected chi connectivity index (χ1v) is 8.85. The van der Waals surface area contributed by atoms with Gasteiger partial charge in [0.25, 0.3) is 0 Å². The van der Waals surface area contributed by atoms with Gasteiger partial charge in [-0.2, -0.15) is 0 Å². The van der Waals surface area contributed by atoms with Gasteiger partial charge in [-0.05, 0) is 30.3 Å². The molecule has 1 fully saturated rings. The number of nitrogens with zero attached hydrogens (tertiary/aromatic N) is 2. The van der Waals surface area contributed by atoms with Crippen LogP contribution in [0.2, 0.25) is 0 Å². The summed E-state index contributed by atoms with van der Waals surface area (Å²) in [5.41, 5.74) is 2.34. The topological polar surface area (TPSA) is 62.3 Å².